The molecule has 3 heteroatoms. The molecule has 0 aliphatic heterocycles. The number of rotatable bonds is 12. The van der Waals surface area contributed by atoms with Gasteiger partial charge in [0, 0.05) is 25.0 Å². The van der Waals surface area contributed by atoms with E-state index in [1.54, 1.807) is 12.2 Å². The molecule has 0 N–H and O–H groups in total. The summed E-state index contributed by atoms with van der Waals surface area (Å²) in [7, 11) is 0. The molecule has 0 bridgehead atoms. The maximum atomic E-state index is 12.0. The molecule has 0 saturated heterocycles. The van der Waals surface area contributed by atoms with Crippen molar-refractivity contribution in [1.82, 2.24) is 0 Å². The Hall–Kier alpha value is -0.930. The lowest BCUT2D eigenvalue weighted by Gasteiger charge is -2.16. The Labute approximate surface area is 111 Å². The van der Waals surface area contributed by atoms with Gasteiger partial charge in [0.2, 0.25) is 0 Å². The normalized spacial score (nSPS) is 13.9. The van der Waals surface area contributed by atoms with E-state index >= 15 is 0 Å². The van der Waals surface area contributed by atoms with Crippen molar-refractivity contribution < 1.29 is 14.3 Å². The summed E-state index contributed by atoms with van der Waals surface area (Å²) in [6.07, 6.45) is 4.97. The molecular weight excluding hydrogens is 228 g/mol. The van der Waals surface area contributed by atoms with Crippen LogP contribution in [0.15, 0.2) is 25.3 Å². The predicted octanol–water partition coefficient (Wildman–Crippen LogP) is 3.01. The van der Waals surface area contributed by atoms with Crippen LogP contribution in [-0.4, -0.2) is 32.2 Å². The fourth-order valence-electron chi connectivity index (χ4n) is 1.62. The van der Waals surface area contributed by atoms with E-state index in [-0.39, 0.29) is 11.8 Å². The summed E-state index contributed by atoms with van der Waals surface area (Å²) in [4.78, 5) is 12.0. The molecule has 0 radical (unpaired) electrons. The van der Waals surface area contributed by atoms with Gasteiger partial charge in [0.1, 0.15) is 5.78 Å². The van der Waals surface area contributed by atoms with E-state index in [1.165, 1.54) is 0 Å². The molecule has 0 heterocycles. The summed E-state index contributed by atoms with van der Waals surface area (Å²) >= 11 is 0. The second kappa shape index (κ2) is 11.2. The van der Waals surface area contributed by atoms with Crippen LogP contribution in [-0.2, 0) is 14.3 Å². The van der Waals surface area contributed by atoms with E-state index in [0.29, 0.717) is 32.2 Å². The Morgan fingerprint density at radius 2 is 1.39 bits per heavy atom. The highest BCUT2D eigenvalue weighted by Crippen LogP contribution is 2.14. The van der Waals surface area contributed by atoms with Crippen LogP contribution in [0.4, 0.5) is 0 Å². The number of hydrogen-bond donors (Lipinski definition) is 0. The van der Waals surface area contributed by atoms with Crippen molar-refractivity contribution in [3.8, 4) is 0 Å². The van der Waals surface area contributed by atoms with Crippen LogP contribution in [0, 0.1) is 11.8 Å². The first-order chi connectivity index (χ1) is 8.63. The van der Waals surface area contributed by atoms with Crippen LogP contribution < -0.4 is 0 Å². The lowest BCUT2D eigenvalue weighted by Crippen LogP contribution is -2.22. The number of ether oxygens (including phenoxy) is 2. The van der Waals surface area contributed by atoms with E-state index < -0.39 is 0 Å². The summed E-state index contributed by atoms with van der Waals surface area (Å²) in [6, 6.07) is 0. The van der Waals surface area contributed by atoms with Crippen molar-refractivity contribution in [1.29, 1.82) is 0 Å². The highest BCUT2D eigenvalue weighted by atomic mass is 16.5. The van der Waals surface area contributed by atoms with Crippen molar-refractivity contribution >= 4 is 5.78 Å². The minimum absolute atomic E-state index is 0.0456. The molecule has 0 spiro atoms. The van der Waals surface area contributed by atoms with Crippen molar-refractivity contribution in [3.63, 3.8) is 0 Å². The molecule has 2 unspecified atom stereocenters. The zero-order valence-electron chi connectivity index (χ0n) is 11.7. The van der Waals surface area contributed by atoms with Crippen LogP contribution in [0.1, 0.15) is 26.7 Å². The zero-order chi connectivity index (χ0) is 13.8. The Bertz CT molecular complexity index is 224. The van der Waals surface area contributed by atoms with Gasteiger partial charge in [0.25, 0.3) is 0 Å². The molecule has 0 aromatic rings. The summed E-state index contributed by atoms with van der Waals surface area (Å²) < 4.78 is 10.6. The molecule has 0 aliphatic carbocycles. The fraction of sp³-hybridized carbons (Fsp3) is 0.667. The molecule has 0 rings (SSSR count). The molecule has 0 amide bonds. The molecular formula is C15H26O3. The molecule has 0 aromatic heterocycles. The predicted molar refractivity (Wildman–Crippen MR) is 74.6 cm³/mol. The summed E-state index contributed by atoms with van der Waals surface area (Å²) in [5.74, 6) is 0.382. The summed E-state index contributed by atoms with van der Waals surface area (Å²) in [5, 5.41) is 0. The van der Waals surface area contributed by atoms with Crippen molar-refractivity contribution in [2.75, 3.05) is 26.4 Å². The average molecular weight is 254 g/mol. The number of ketones is 1. The first-order valence-electron chi connectivity index (χ1n) is 6.54. The van der Waals surface area contributed by atoms with Gasteiger partial charge in [-0.05, 0) is 12.8 Å². The van der Waals surface area contributed by atoms with E-state index in [1.807, 2.05) is 13.8 Å². The zero-order valence-corrected chi connectivity index (χ0v) is 11.7. The highest BCUT2D eigenvalue weighted by Gasteiger charge is 2.19. The van der Waals surface area contributed by atoms with Gasteiger partial charge in [-0.2, -0.15) is 0 Å². The van der Waals surface area contributed by atoms with E-state index in [9.17, 15) is 4.79 Å². The summed E-state index contributed by atoms with van der Waals surface area (Å²) in [6.45, 7) is 13.4. The first kappa shape index (κ1) is 17.1. The van der Waals surface area contributed by atoms with Crippen molar-refractivity contribution in [2.24, 2.45) is 11.8 Å². The van der Waals surface area contributed by atoms with Gasteiger partial charge in [-0.3, -0.25) is 4.79 Å². The van der Waals surface area contributed by atoms with E-state index in [0.717, 1.165) is 12.8 Å². The van der Waals surface area contributed by atoms with Crippen LogP contribution in [0.3, 0.4) is 0 Å². The Balaban J connectivity index is 3.74. The Kier molecular flexibility index (Phi) is 10.6. The highest BCUT2D eigenvalue weighted by molar-refractivity contribution is 5.82. The molecule has 18 heavy (non-hydrogen) atoms. The lowest BCUT2D eigenvalue weighted by atomic mass is 9.91. The fourth-order valence-corrected chi connectivity index (χ4v) is 1.62. The minimum atomic E-state index is 0.0456. The smallest absolute Gasteiger partial charge is 0.138 e. The van der Waals surface area contributed by atoms with Gasteiger partial charge in [0.05, 0.1) is 13.2 Å². The lowest BCUT2D eigenvalue weighted by molar-refractivity contribution is -0.127. The molecule has 0 fully saturated rings. The summed E-state index contributed by atoms with van der Waals surface area (Å²) in [5.41, 5.74) is 0. The SMILES string of the molecule is C=CCOCCC(C)C(=O)C(C)CCOCC=C. The van der Waals surface area contributed by atoms with Gasteiger partial charge >= 0.3 is 0 Å². The molecule has 3 nitrogen and oxygen atoms in total. The number of Topliss-reactive ketones (excluding diaryl/α,β-unsaturated/α-hetero) is 1. The third-order valence-electron chi connectivity index (χ3n) is 2.83. The number of carbonyl (C=O) groups is 1. The monoisotopic (exact) mass is 254 g/mol. The van der Waals surface area contributed by atoms with Crippen LogP contribution in [0.5, 0.6) is 0 Å². The third-order valence-corrected chi connectivity index (χ3v) is 2.83. The van der Waals surface area contributed by atoms with Gasteiger partial charge in [0.15, 0.2) is 0 Å². The Morgan fingerprint density at radius 1 is 1.00 bits per heavy atom. The Morgan fingerprint density at radius 3 is 1.72 bits per heavy atom. The van der Waals surface area contributed by atoms with E-state index in [2.05, 4.69) is 13.2 Å². The maximum Gasteiger partial charge on any atom is 0.138 e. The van der Waals surface area contributed by atoms with Gasteiger partial charge < -0.3 is 9.47 Å². The van der Waals surface area contributed by atoms with E-state index in [4.69, 9.17) is 9.47 Å². The van der Waals surface area contributed by atoms with Gasteiger partial charge in [-0.25, -0.2) is 0 Å². The van der Waals surface area contributed by atoms with Crippen molar-refractivity contribution in [3.05, 3.63) is 25.3 Å². The molecule has 0 saturated carbocycles. The largest absolute Gasteiger partial charge is 0.377 e. The minimum Gasteiger partial charge on any atom is -0.377 e. The molecule has 0 aliphatic rings. The molecule has 2 atom stereocenters. The van der Waals surface area contributed by atoms with Crippen LogP contribution in [0.2, 0.25) is 0 Å². The maximum absolute atomic E-state index is 12.0. The van der Waals surface area contributed by atoms with Gasteiger partial charge in [-0.15, -0.1) is 13.2 Å². The van der Waals surface area contributed by atoms with Crippen LogP contribution >= 0.6 is 0 Å². The third kappa shape index (κ3) is 8.20. The number of hydrogen-bond acceptors (Lipinski definition) is 3. The standard InChI is InChI=1S/C15H26O3/c1-5-9-17-11-7-13(3)15(16)14(4)8-12-18-10-6-2/h5-6,13-14H,1-2,7-12H2,3-4H3. The second-order valence-electron chi connectivity index (χ2n) is 4.51. The molecule has 0 aromatic carbocycles. The average Bonchev–Trinajstić information content (AvgIpc) is 2.38. The first-order valence-corrected chi connectivity index (χ1v) is 6.54. The topological polar surface area (TPSA) is 35.5 Å². The number of carbonyl (C=O) groups excluding carboxylic acids is 1. The van der Waals surface area contributed by atoms with Crippen LogP contribution in [0.25, 0.3) is 0 Å². The second-order valence-corrected chi connectivity index (χ2v) is 4.51. The van der Waals surface area contributed by atoms with Crippen molar-refractivity contribution in [2.45, 2.75) is 26.7 Å². The molecule has 104 valence electrons. The van der Waals surface area contributed by atoms with Gasteiger partial charge in [-0.1, -0.05) is 26.0 Å². The quantitative estimate of drug-likeness (QED) is 0.397.